The molecule has 1 aliphatic carbocycles. The van der Waals surface area contributed by atoms with Gasteiger partial charge >= 0.3 is 0 Å². The molecule has 2 fully saturated rings. The molecule has 1 saturated carbocycles. The average molecular weight is 224 g/mol. The Bertz CT molecular complexity index is 218. The molecule has 0 aromatic rings. The zero-order valence-electron chi connectivity index (χ0n) is 10.1. The third-order valence-electron chi connectivity index (χ3n) is 3.91. The van der Waals surface area contributed by atoms with Gasteiger partial charge in [0.1, 0.15) is 0 Å². The largest absolute Gasteiger partial charge is 0.354 e. The van der Waals surface area contributed by atoms with Gasteiger partial charge < -0.3 is 10.6 Å². The molecule has 0 spiro atoms. The number of amides is 1. The topological polar surface area (TPSA) is 41.1 Å². The van der Waals surface area contributed by atoms with E-state index in [0.29, 0.717) is 17.9 Å². The molecule has 1 amide bonds. The number of hydrogen-bond acceptors (Lipinski definition) is 2. The van der Waals surface area contributed by atoms with E-state index in [1.807, 2.05) is 0 Å². The Labute approximate surface area is 98.4 Å². The fourth-order valence-corrected chi connectivity index (χ4v) is 2.83. The molecule has 1 aliphatic heterocycles. The summed E-state index contributed by atoms with van der Waals surface area (Å²) >= 11 is 0. The molecular formula is C13H24N2O. The molecule has 3 nitrogen and oxygen atoms in total. The van der Waals surface area contributed by atoms with Crippen LogP contribution in [0.4, 0.5) is 0 Å². The van der Waals surface area contributed by atoms with E-state index in [4.69, 9.17) is 0 Å². The summed E-state index contributed by atoms with van der Waals surface area (Å²) < 4.78 is 0. The van der Waals surface area contributed by atoms with Gasteiger partial charge in [-0.1, -0.05) is 25.7 Å². The number of nitrogens with one attached hydrogen (secondary N) is 2. The van der Waals surface area contributed by atoms with Crippen molar-refractivity contribution in [3.05, 3.63) is 0 Å². The SMILES string of the molecule is O=C(NCC1CCCCN1)C1CCCCC1. The Hall–Kier alpha value is -0.570. The van der Waals surface area contributed by atoms with Crippen molar-refractivity contribution >= 4 is 5.91 Å². The van der Waals surface area contributed by atoms with Gasteiger partial charge in [0.05, 0.1) is 0 Å². The minimum Gasteiger partial charge on any atom is -0.354 e. The second-order valence-corrected chi connectivity index (χ2v) is 5.23. The zero-order chi connectivity index (χ0) is 11.2. The van der Waals surface area contributed by atoms with Crippen LogP contribution in [0, 0.1) is 5.92 Å². The van der Waals surface area contributed by atoms with E-state index in [1.165, 1.54) is 38.5 Å². The molecule has 1 heterocycles. The van der Waals surface area contributed by atoms with Crippen LogP contribution in [0.3, 0.4) is 0 Å². The third-order valence-corrected chi connectivity index (χ3v) is 3.91. The van der Waals surface area contributed by atoms with Crippen molar-refractivity contribution in [1.29, 1.82) is 0 Å². The van der Waals surface area contributed by atoms with Crippen molar-refractivity contribution < 1.29 is 4.79 Å². The molecule has 2 aliphatic rings. The predicted octanol–water partition coefficient (Wildman–Crippen LogP) is 1.82. The standard InChI is InChI=1S/C13H24N2O/c16-13(11-6-2-1-3-7-11)15-10-12-8-4-5-9-14-12/h11-12,14H,1-10H2,(H,15,16). The van der Waals surface area contributed by atoms with E-state index >= 15 is 0 Å². The van der Waals surface area contributed by atoms with Gasteiger partial charge in [0, 0.05) is 18.5 Å². The summed E-state index contributed by atoms with van der Waals surface area (Å²) in [5.74, 6) is 0.601. The van der Waals surface area contributed by atoms with Crippen LogP contribution in [0.25, 0.3) is 0 Å². The first-order chi connectivity index (χ1) is 7.86. The molecule has 1 atom stereocenters. The Morgan fingerprint density at radius 1 is 1.06 bits per heavy atom. The summed E-state index contributed by atoms with van der Waals surface area (Å²) in [6.45, 7) is 1.94. The van der Waals surface area contributed by atoms with E-state index in [1.54, 1.807) is 0 Å². The summed E-state index contributed by atoms with van der Waals surface area (Å²) in [4.78, 5) is 11.9. The van der Waals surface area contributed by atoms with Crippen LogP contribution < -0.4 is 10.6 Å². The number of carbonyl (C=O) groups excluding carboxylic acids is 1. The Kier molecular flexibility index (Phi) is 4.64. The lowest BCUT2D eigenvalue weighted by Gasteiger charge is -2.26. The van der Waals surface area contributed by atoms with Crippen molar-refractivity contribution in [3.8, 4) is 0 Å². The van der Waals surface area contributed by atoms with Crippen molar-refractivity contribution in [2.75, 3.05) is 13.1 Å². The third kappa shape index (κ3) is 3.48. The van der Waals surface area contributed by atoms with Crippen molar-refractivity contribution in [2.45, 2.75) is 57.4 Å². The number of piperidine rings is 1. The minimum atomic E-state index is 0.298. The maximum atomic E-state index is 11.9. The maximum absolute atomic E-state index is 11.9. The lowest BCUT2D eigenvalue weighted by atomic mass is 9.88. The minimum absolute atomic E-state index is 0.298. The Morgan fingerprint density at radius 2 is 1.81 bits per heavy atom. The first-order valence-electron chi connectivity index (χ1n) is 6.87. The van der Waals surface area contributed by atoms with E-state index in [9.17, 15) is 4.79 Å². The average Bonchev–Trinajstić information content (AvgIpc) is 2.38. The van der Waals surface area contributed by atoms with Gasteiger partial charge in [0.2, 0.25) is 5.91 Å². The highest BCUT2D eigenvalue weighted by Crippen LogP contribution is 2.23. The van der Waals surface area contributed by atoms with Crippen LogP contribution >= 0.6 is 0 Å². The highest BCUT2D eigenvalue weighted by molar-refractivity contribution is 5.78. The quantitative estimate of drug-likeness (QED) is 0.768. The van der Waals surface area contributed by atoms with Gasteiger partial charge in [0.15, 0.2) is 0 Å². The summed E-state index contributed by atoms with van der Waals surface area (Å²) in [6.07, 6.45) is 9.79. The fourth-order valence-electron chi connectivity index (χ4n) is 2.83. The van der Waals surface area contributed by atoms with Crippen molar-refractivity contribution in [1.82, 2.24) is 10.6 Å². The van der Waals surface area contributed by atoms with E-state index < -0.39 is 0 Å². The molecule has 0 radical (unpaired) electrons. The summed E-state index contributed by atoms with van der Waals surface area (Å²) in [7, 11) is 0. The van der Waals surface area contributed by atoms with Gasteiger partial charge in [-0.05, 0) is 32.2 Å². The van der Waals surface area contributed by atoms with Gasteiger partial charge in [0.25, 0.3) is 0 Å². The molecule has 1 saturated heterocycles. The van der Waals surface area contributed by atoms with Gasteiger partial charge in [-0.15, -0.1) is 0 Å². The van der Waals surface area contributed by atoms with Crippen LogP contribution in [0.1, 0.15) is 51.4 Å². The van der Waals surface area contributed by atoms with Crippen LogP contribution in [-0.2, 0) is 4.79 Å². The summed E-state index contributed by atoms with van der Waals surface area (Å²) in [6, 6.07) is 0.515. The molecular weight excluding hydrogens is 200 g/mol. The van der Waals surface area contributed by atoms with Crippen LogP contribution in [-0.4, -0.2) is 25.0 Å². The number of hydrogen-bond donors (Lipinski definition) is 2. The molecule has 0 aromatic heterocycles. The number of rotatable bonds is 3. The number of carbonyl (C=O) groups is 1. The van der Waals surface area contributed by atoms with E-state index in [2.05, 4.69) is 10.6 Å². The van der Waals surface area contributed by atoms with Crippen molar-refractivity contribution in [3.63, 3.8) is 0 Å². The molecule has 0 bridgehead atoms. The lowest BCUT2D eigenvalue weighted by Crippen LogP contribution is -2.45. The fraction of sp³-hybridized carbons (Fsp3) is 0.923. The predicted molar refractivity (Wildman–Crippen MR) is 65.2 cm³/mol. The zero-order valence-corrected chi connectivity index (χ0v) is 10.1. The van der Waals surface area contributed by atoms with Gasteiger partial charge in [-0.2, -0.15) is 0 Å². The van der Waals surface area contributed by atoms with Crippen molar-refractivity contribution in [2.24, 2.45) is 5.92 Å². The molecule has 0 aromatic carbocycles. The molecule has 92 valence electrons. The van der Waals surface area contributed by atoms with Gasteiger partial charge in [-0.25, -0.2) is 0 Å². The lowest BCUT2D eigenvalue weighted by molar-refractivity contribution is -0.126. The molecule has 2 N–H and O–H groups in total. The second kappa shape index (κ2) is 6.24. The van der Waals surface area contributed by atoms with E-state index in [0.717, 1.165) is 25.9 Å². The van der Waals surface area contributed by atoms with E-state index in [-0.39, 0.29) is 0 Å². The Balaban J connectivity index is 1.65. The molecule has 2 rings (SSSR count). The Morgan fingerprint density at radius 3 is 2.50 bits per heavy atom. The van der Waals surface area contributed by atoms with Crippen LogP contribution in [0.5, 0.6) is 0 Å². The summed E-state index contributed by atoms with van der Waals surface area (Å²) in [5.41, 5.74) is 0. The molecule has 16 heavy (non-hydrogen) atoms. The first kappa shape index (κ1) is 11.9. The van der Waals surface area contributed by atoms with Gasteiger partial charge in [-0.3, -0.25) is 4.79 Å². The first-order valence-corrected chi connectivity index (χ1v) is 6.87. The van der Waals surface area contributed by atoms with Crippen LogP contribution in [0.15, 0.2) is 0 Å². The smallest absolute Gasteiger partial charge is 0.223 e. The van der Waals surface area contributed by atoms with Crippen LogP contribution in [0.2, 0.25) is 0 Å². The highest BCUT2D eigenvalue weighted by Gasteiger charge is 2.21. The second-order valence-electron chi connectivity index (χ2n) is 5.23. The highest BCUT2D eigenvalue weighted by atomic mass is 16.1. The monoisotopic (exact) mass is 224 g/mol. The normalized spacial score (nSPS) is 27.6. The maximum Gasteiger partial charge on any atom is 0.223 e. The summed E-state index contributed by atoms with van der Waals surface area (Å²) in [5, 5.41) is 6.58. The molecule has 1 unspecified atom stereocenters. The molecule has 3 heteroatoms.